The molecule has 6 aromatic rings. The zero-order valence-electron chi connectivity index (χ0n) is 16.7. The van der Waals surface area contributed by atoms with Crippen LogP contribution >= 0.6 is 22.7 Å². The fraction of sp³-hybridized carbons (Fsp3) is 0. The van der Waals surface area contributed by atoms with Crippen LogP contribution in [0.3, 0.4) is 0 Å². The van der Waals surface area contributed by atoms with Crippen molar-refractivity contribution in [1.82, 2.24) is 29.9 Å². The summed E-state index contributed by atoms with van der Waals surface area (Å²) in [5.41, 5.74) is 1.79. The first-order valence-corrected chi connectivity index (χ1v) is 10.9. The van der Waals surface area contributed by atoms with E-state index in [0.29, 0.717) is 0 Å². The molecule has 0 saturated heterocycles. The lowest BCUT2D eigenvalue weighted by Gasteiger charge is -1.70. The Morgan fingerprint density at radius 1 is 0.516 bits per heavy atom. The van der Waals surface area contributed by atoms with Gasteiger partial charge in [-0.25, -0.2) is 9.97 Å². The number of aromatic nitrogens is 6. The molecule has 6 heterocycles. The molecule has 6 aromatic heterocycles. The van der Waals surface area contributed by atoms with Crippen LogP contribution < -0.4 is 0 Å². The van der Waals surface area contributed by atoms with E-state index in [1.807, 2.05) is 58.6 Å². The quantitative estimate of drug-likeness (QED) is 0.291. The van der Waals surface area contributed by atoms with Gasteiger partial charge in [-0.2, -0.15) is 11.3 Å². The van der Waals surface area contributed by atoms with E-state index in [9.17, 15) is 0 Å². The van der Waals surface area contributed by atoms with Gasteiger partial charge < -0.3 is 14.4 Å². The van der Waals surface area contributed by atoms with E-state index in [4.69, 9.17) is 0 Å². The minimum atomic E-state index is 1.60. The van der Waals surface area contributed by atoms with Gasteiger partial charge in [0.15, 0.2) is 0 Å². The molecule has 0 bridgehead atoms. The Labute approximate surface area is 189 Å². The van der Waals surface area contributed by atoms with Crippen LogP contribution in [-0.4, -0.2) is 29.9 Å². The smallest absolute Gasteiger partial charge is 0.0919 e. The van der Waals surface area contributed by atoms with E-state index in [-0.39, 0.29) is 0 Å². The van der Waals surface area contributed by atoms with E-state index in [2.05, 4.69) is 34.3 Å². The zero-order chi connectivity index (χ0) is 21.9. The summed E-state index contributed by atoms with van der Waals surface area (Å²) < 4.78 is 4.58. The average molecular weight is 453 g/mol. The normalized spacial score (nSPS) is 8.00. The summed E-state index contributed by atoms with van der Waals surface area (Å²) in [7, 11) is 0. The highest BCUT2D eigenvalue weighted by Gasteiger charge is 1.60. The van der Waals surface area contributed by atoms with Crippen LogP contribution in [0, 0.1) is 0 Å². The van der Waals surface area contributed by atoms with Crippen LogP contribution in [0.15, 0.2) is 137 Å². The topological polar surface area (TPSA) is 96.3 Å². The van der Waals surface area contributed by atoms with Gasteiger partial charge in [0.2, 0.25) is 0 Å². The van der Waals surface area contributed by atoms with Crippen molar-refractivity contribution in [2.45, 2.75) is 0 Å². The number of thiophene rings is 1. The fourth-order valence-electron chi connectivity index (χ4n) is 1.37. The molecule has 0 fully saturated rings. The van der Waals surface area contributed by atoms with E-state index in [1.54, 1.807) is 96.7 Å². The molecule has 2 N–H and O–H groups in total. The predicted molar refractivity (Wildman–Crippen MR) is 127 cm³/mol. The third-order valence-electron chi connectivity index (χ3n) is 2.58. The van der Waals surface area contributed by atoms with Gasteiger partial charge in [0, 0.05) is 48.8 Å². The lowest BCUT2D eigenvalue weighted by atomic mass is 10.5. The maximum Gasteiger partial charge on any atom is 0.0919 e. The largest absolute Gasteiger partial charge is 0.473 e. The van der Waals surface area contributed by atoms with Gasteiger partial charge in [-0.3, -0.25) is 9.97 Å². The monoisotopic (exact) mass is 452 g/mol. The summed E-state index contributed by atoms with van der Waals surface area (Å²) in [6.45, 7) is 0. The molecule has 0 saturated carbocycles. The number of hydrogen-bond donors (Lipinski definition) is 2. The Hall–Kier alpha value is -3.82. The minimum Gasteiger partial charge on any atom is -0.473 e. The van der Waals surface area contributed by atoms with Crippen molar-refractivity contribution < 1.29 is 4.42 Å². The van der Waals surface area contributed by atoms with Crippen molar-refractivity contribution in [3.63, 3.8) is 0 Å². The molecule has 0 aromatic carbocycles. The van der Waals surface area contributed by atoms with Crippen molar-refractivity contribution in [3.8, 4) is 0 Å². The standard InChI is InChI=1S/C5H5N.C4H4O.C4H4S.2C3H4N2.C3H3NS/c1-2-4-6-5-3-1;2*1-2-4-5-3-1;3*1-2-5-3-4-1/h1-5H;2*1-4H;2*1-3H,(H,4,5);1-3H. The second-order valence-electron chi connectivity index (χ2n) is 4.81. The molecule has 6 rings (SSSR count). The van der Waals surface area contributed by atoms with Crippen molar-refractivity contribution in [3.05, 3.63) is 133 Å². The van der Waals surface area contributed by atoms with Crippen molar-refractivity contribution >= 4 is 22.7 Å². The second-order valence-corrected chi connectivity index (χ2v) is 6.38. The first kappa shape index (κ1) is 25.2. The van der Waals surface area contributed by atoms with Gasteiger partial charge in [-0.1, -0.05) is 18.2 Å². The second kappa shape index (κ2) is 22.5. The van der Waals surface area contributed by atoms with Crippen molar-refractivity contribution in [2.24, 2.45) is 0 Å². The highest BCUT2D eigenvalue weighted by Crippen LogP contribution is 1.91. The molecule has 0 spiro atoms. The number of pyridine rings is 1. The number of nitrogens with one attached hydrogen (secondary N) is 2. The maximum atomic E-state index is 4.58. The molecule has 0 radical (unpaired) electrons. The molecule has 0 aliphatic rings. The van der Waals surface area contributed by atoms with Crippen LogP contribution in [0.1, 0.15) is 0 Å². The van der Waals surface area contributed by atoms with Gasteiger partial charge in [0.05, 0.1) is 30.7 Å². The summed E-state index contributed by atoms with van der Waals surface area (Å²) >= 11 is 3.31. The SMILES string of the molecule is c1c[nH]cn1.c1c[nH]cn1.c1ccncc1.c1ccoc1.c1ccsc1.c1cscn1. The van der Waals surface area contributed by atoms with E-state index in [1.165, 1.54) is 0 Å². The number of aromatic amines is 2. The van der Waals surface area contributed by atoms with Gasteiger partial charge in [-0.15, -0.1) is 11.3 Å². The fourth-order valence-corrected chi connectivity index (χ4v) is 2.18. The summed E-state index contributed by atoms with van der Waals surface area (Å²) in [5, 5.41) is 6.01. The maximum absolute atomic E-state index is 4.58. The highest BCUT2D eigenvalue weighted by molar-refractivity contribution is 7.07. The van der Waals surface area contributed by atoms with Crippen molar-refractivity contribution in [1.29, 1.82) is 0 Å². The summed E-state index contributed by atoms with van der Waals surface area (Å²) in [6, 6.07) is 13.4. The van der Waals surface area contributed by atoms with Crippen LogP contribution in [0.2, 0.25) is 0 Å². The Morgan fingerprint density at radius 3 is 1.32 bits per heavy atom. The number of thiazole rings is 1. The molecule has 0 unspecified atom stereocenters. The third-order valence-corrected chi connectivity index (χ3v) is 3.73. The lowest BCUT2D eigenvalue weighted by molar-refractivity contribution is 0.567. The van der Waals surface area contributed by atoms with Crippen molar-refractivity contribution in [2.75, 3.05) is 0 Å². The minimum absolute atomic E-state index is 1.60. The van der Waals surface area contributed by atoms with E-state index >= 15 is 0 Å². The molecule has 0 aliphatic carbocycles. The van der Waals surface area contributed by atoms with Gasteiger partial charge in [0.25, 0.3) is 0 Å². The number of rotatable bonds is 0. The van der Waals surface area contributed by atoms with Crippen LogP contribution in [0.25, 0.3) is 0 Å². The van der Waals surface area contributed by atoms with Crippen LogP contribution in [-0.2, 0) is 0 Å². The van der Waals surface area contributed by atoms with Crippen LogP contribution in [0.5, 0.6) is 0 Å². The Morgan fingerprint density at radius 2 is 1.16 bits per heavy atom. The number of imidazole rings is 2. The average Bonchev–Trinajstić information content (AvgIpc) is 3.69. The number of hydrogen-bond acceptors (Lipinski definition) is 7. The van der Waals surface area contributed by atoms with Gasteiger partial charge >= 0.3 is 0 Å². The Balaban J connectivity index is 0.000000186. The molecule has 31 heavy (non-hydrogen) atoms. The molecule has 7 nitrogen and oxygen atoms in total. The molecule has 160 valence electrons. The molecule has 0 aliphatic heterocycles. The lowest BCUT2D eigenvalue weighted by Crippen LogP contribution is -1.58. The molecule has 0 atom stereocenters. The molecular formula is C22H24N6OS2. The number of H-pyrrole nitrogens is 2. The van der Waals surface area contributed by atoms with Gasteiger partial charge in [0.1, 0.15) is 0 Å². The molecule has 0 amide bonds. The summed E-state index contributed by atoms with van der Waals surface area (Å²) in [4.78, 5) is 20.4. The zero-order valence-corrected chi connectivity index (χ0v) is 18.3. The van der Waals surface area contributed by atoms with Gasteiger partial charge in [-0.05, 0) is 35.0 Å². The summed E-state index contributed by atoms with van der Waals surface area (Å²) in [6.07, 6.45) is 18.7. The first-order chi connectivity index (χ1) is 15.5. The number of nitrogens with zero attached hydrogens (tertiary/aromatic N) is 4. The molecular weight excluding hydrogens is 428 g/mol. The third kappa shape index (κ3) is 20.7. The Kier molecular flexibility index (Phi) is 18.3. The van der Waals surface area contributed by atoms with E-state index in [0.717, 1.165) is 0 Å². The number of furan rings is 1. The van der Waals surface area contributed by atoms with E-state index < -0.39 is 0 Å². The Bertz CT molecular complexity index is 660. The highest BCUT2D eigenvalue weighted by atomic mass is 32.1. The van der Waals surface area contributed by atoms with Crippen LogP contribution in [0.4, 0.5) is 0 Å². The summed E-state index contributed by atoms with van der Waals surface area (Å²) in [5.74, 6) is 0. The first-order valence-electron chi connectivity index (χ1n) is 8.97. The predicted octanol–water partition coefficient (Wildman–Crippen LogP) is 6.07. The molecule has 9 heteroatoms.